The third-order valence-electron chi connectivity index (χ3n) is 8.17. The van der Waals surface area contributed by atoms with E-state index in [0.717, 1.165) is 22.3 Å². The maximum Gasteiger partial charge on any atom is 0.407 e. The van der Waals surface area contributed by atoms with Gasteiger partial charge in [0.15, 0.2) is 5.65 Å². The molecule has 3 aliphatic carbocycles. The molecule has 4 heterocycles. The predicted octanol–water partition coefficient (Wildman–Crippen LogP) is 3.65. The molecule has 1 amide bonds. The molecule has 12 heteroatoms. The molecule has 3 saturated carbocycles. The number of rotatable bonds is 7. The predicted molar refractivity (Wildman–Crippen MR) is 144 cm³/mol. The van der Waals surface area contributed by atoms with Crippen molar-refractivity contribution in [2.75, 3.05) is 19.5 Å². The highest BCUT2D eigenvalue weighted by Gasteiger charge is 2.50. The molecule has 3 fully saturated rings. The van der Waals surface area contributed by atoms with Gasteiger partial charge >= 0.3 is 11.8 Å². The lowest BCUT2D eigenvalue weighted by Crippen LogP contribution is -2.33. The Labute approximate surface area is 229 Å². The second-order valence-corrected chi connectivity index (χ2v) is 10.6. The van der Waals surface area contributed by atoms with Gasteiger partial charge in [-0.25, -0.2) is 24.2 Å². The summed E-state index contributed by atoms with van der Waals surface area (Å²) in [6.07, 6.45) is 4.98. The Morgan fingerprint density at radius 1 is 1.15 bits per heavy atom. The number of carbonyl (C=O) groups excluding carboxylic acids is 1. The fourth-order valence-electron chi connectivity index (χ4n) is 5.98. The maximum absolute atomic E-state index is 13.6. The highest BCUT2D eigenvalue weighted by Crippen LogP contribution is 2.57. The van der Waals surface area contributed by atoms with E-state index in [1.807, 2.05) is 10.7 Å². The average Bonchev–Trinajstić information content (AvgIpc) is 3.85. The number of fused-ring (bicyclic) bond motifs is 2. The molecule has 4 aromatic heterocycles. The second kappa shape index (κ2) is 8.99. The summed E-state index contributed by atoms with van der Waals surface area (Å²) in [6.45, 7) is -2.75. The van der Waals surface area contributed by atoms with Crippen LogP contribution in [0, 0.1) is 11.8 Å². The molecular weight excluding hydrogens is 500 g/mol. The van der Waals surface area contributed by atoms with Gasteiger partial charge < -0.3 is 20.1 Å². The molecule has 0 radical (unpaired) electrons. The SMILES string of the molecule is [2H]C([2H])([2H])n1c(=O)n([C@@H]2CC[C@@]([2H])(NC(=O)OC)C2)c2cc(Nc3ccc4c(OC)nn([C@H]5C[C@@H]5C5CC5)c4n3)ncc21. The van der Waals surface area contributed by atoms with Crippen LogP contribution in [0.3, 0.4) is 0 Å². The van der Waals surface area contributed by atoms with Crippen LogP contribution in [-0.2, 0) is 11.7 Å². The number of nitrogens with one attached hydrogen (secondary N) is 2. The minimum Gasteiger partial charge on any atom is -0.479 e. The number of nitrogens with zero attached hydrogens (tertiary/aromatic N) is 6. The molecular formula is C27H32N8O4. The van der Waals surface area contributed by atoms with Gasteiger partial charge in [0.1, 0.15) is 11.6 Å². The van der Waals surface area contributed by atoms with E-state index in [4.69, 9.17) is 20.3 Å². The molecule has 4 atom stereocenters. The zero-order chi connectivity index (χ0) is 30.3. The lowest BCUT2D eigenvalue weighted by molar-refractivity contribution is 0.166. The van der Waals surface area contributed by atoms with Crippen LogP contribution in [0.25, 0.3) is 22.1 Å². The zero-order valence-electron chi connectivity index (χ0n) is 25.7. The molecule has 0 spiro atoms. The summed E-state index contributed by atoms with van der Waals surface area (Å²) < 4.78 is 47.0. The molecule has 0 aromatic carbocycles. The van der Waals surface area contributed by atoms with Crippen molar-refractivity contribution in [2.24, 2.45) is 18.8 Å². The highest BCUT2D eigenvalue weighted by atomic mass is 16.5. The van der Waals surface area contributed by atoms with Gasteiger partial charge in [0.05, 0.1) is 44.2 Å². The molecule has 39 heavy (non-hydrogen) atoms. The Balaban J connectivity index is 1.25. The van der Waals surface area contributed by atoms with Crippen molar-refractivity contribution in [3.05, 3.63) is 34.9 Å². The third-order valence-corrected chi connectivity index (χ3v) is 8.17. The van der Waals surface area contributed by atoms with E-state index in [9.17, 15) is 9.59 Å². The Hall–Kier alpha value is -4.09. The summed E-state index contributed by atoms with van der Waals surface area (Å²) in [6, 6.07) is 3.71. The fourth-order valence-corrected chi connectivity index (χ4v) is 5.98. The van der Waals surface area contributed by atoms with Gasteiger partial charge in [0.25, 0.3) is 0 Å². The van der Waals surface area contributed by atoms with Crippen LogP contribution in [0.1, 0.15) is 56.1 Å². The summed E-state index contributed by atoms with van der Waals surface area (Å²) in [5.74, 6) is 2.77. The van der Waals surface area contributed by atoms with Crippen molar-refractivity contribution in [3.63, 3.8) is 0 Å². The number of anilines is 2. The van der Waals surface area contributed by atoms with Gasteiger partial charge in [-0.1, -0.05) is 0 Å². The second-order valence-electron chi connectivity index (χ2n) is 10.6. The van der Waals surface area contributed by atoms with Crippen molar-refractivity contribution in [3.8, 4) is 5.88 Å². The topological polar surface area (TPSA) is 130 Å². The van der Waals surface area contributed by atoms with E-state index in [1.165, 1.54) is 30.7 Å². The summed E-state index contributed by atoms with van der Waals surface area (Å²) >= 11 is 0. The van der Waals surface area contributed by atoms with Crippen molar-refractivity contribution in [1.29, 1.82) is 0 Å². The van der Waals surface area contributed by atoms with Crippen LogP contribution in [0.5, 0.6) is 5.88 Å². The van der Waals surface area contributed by atoms with Gasteiger partial charge in [0.2, 0.25) is 5.88 Å². The Kier molecular flexibility index (Phi) is 4.59. The number of carbonyl (C=O) groups is 1. The van der Waals surface area contributed by atoms with E-state index in [1.54, 1.807) is 19.2 Å². The first-order valence-corrected chi connectivity index (χ1v) is 13.2. The number of pyridine rings is 2. The Bertz CT molecular complexity index is 1810. The highest BCUT2D eigenvalue weighted by molar-refractivity contribution is 5.84. The first-order chi connectivity index (χ1) is 20.5. The molecule has 0 aliphatic heterocycles. The first-order valence-electron chi connectivity index (χ1n) is 15.2. The van der Waals surface area contributed by atoms with Gasteiger partial charge in [-0.2, -0.15) is 0 Å². The Morgan fingerprint density at radius 3 is 2.79 bits per heavy atom. The first kappa shape index (κ1) is 19.9. The number of aromatic nitrogens is 6. The minimum atomic E-state index is -2.75. The summed E-state index contributed by atoms with van der Waals surface area (Å²) in [5.41, 5.74) is 0.470. The number of methoxy groups -OCH3 is 2. The van der Waals surface area contributed by atoms with Gasteiger partial charge in [-0.05, 0) is 62.5 Å². The average molecular weight is 537 g/mol. The molecule has 3 aliphatic rings. The number of amides is 1. The lowest BCUT2D eigenvalue weighted by atomic mass is 10.2. The summed E-state index contributed by atoms with van der Waals surface area (Å²) in [7, 11) is 2.81. The monoisotopic (exact) mass is 536 g/mol. The van der Waals surface area contributed by atoms with Gasteiger partial charge in [-0.15, -0.1) is 5.10 Å². The zero-order valence-corrected chi connectivity index (χ0v) is 21.7. The van der Waals surface area contributed by atoms with Crippen LogP contribution < -0.4 is 21.1 Å². The van der Waals surface area contributed by atoms with Crippen LogP contribution in [-0.4, -0.2) is 55.2 Å². The largest absolute Gasteiger partial charge is 0.479 e. The van der Waals surface area contributed by atoms with E-state index >= 15 is 0 Å². The van der Waals surface area contributed by atoms with Crippen molar-refractivity contribution in [2.45, 2.75) is 56.6 Å². The van der Waals surface area contributed by atoms with Crippen molar-refractivity contribution < 1.29 is 19.8 Å². The molecule has 7 rings (SSSR count). The van der Waals surface area contributed by atoms with Crippen molar-refractivity contribution in [1.82, 2.24) is 34.2 Å². The van der Waals surface area contributed by atoms with E-state index in [-0.39, 0.29) is 18.4 Å². The standard InChI is InChI=1S/C27H32N8O4/c1-33-21-13-28-23(12-20(21)34(27(33)37)16-7-6-15(10-16)29-26(36)39-3)30-22-9-8-17-24(31-22)35(32-25(17)38-2)19-11-18(19)14-4-5-14/h8-9,12-16,18-19H,4-7,10-11H2,1-3H3,(H,29,36)(H,28,30,31)/t15-,16-,18-,19+/m1/s1/i1D3,15D. The maximum atomic E-state index is 13.6. The molecule has 2 N–H and O–H groups in total. The number of imidazole rings is 1. The number of hydrogen-bond acceptors (Lipinski definition) is 8. The fraction of sp³-hybridized carbons (Fsp3) is 0.519. The number of alkyl carbamates (subject to hydrolysis) is 1. The number of ether oxygens (including phenoxy) is 2. The van der Waals surface area contributed by atoms with Gasteiger partial charge in [-0.3, -0.25) is 9.13 Å². The van der Waals surface area contributed by atoms with Crippen LogP contribution in [0.15, 0.2) is 29.2 Å². The minimum absolute atomic E-state index is 0.0975. The number of aryl methyl sites for hydroxylation is 1. The molecule has 0 bridgehead atoms. The smallest absolute Gasteiger partial charge is 0.407 e. The molecule has 0 unspecified atom stereocenters. The van der Waals surface area contributed by atoms with Crippen LogP contribution in [0.2, 0.25) is 0 Å². The summed E-state index contributed by atoms with van der Waals surface area (Å²) in [4.78, 5) is 34.6. The van der Waals surface area contributed by atoms with Crippen LogP contribution in [0.4, 0.5) is 16.4 Å². The molecule has 204 valence electrons. The van der Waals surface area contributed by atoms with Crippen LogP contribution >= 0.6 is 0 Å². The van der Waals surface area contributed by atoms with E-state index < -0.39 is 30.8 Å². The molecule has 4 aromatic rings. The third kappa shape index (κ3) is 4.09. The quantitative estimate of drug-likeness (QED) is 0.366. The normalized spacial score (nSPS) is 28.0. The van der Waals surface area contributed by atoms with Crippen molar-refractivity contribution >= 4 is 39.8 Å². The van der Waals surface area contributed by atoms with Gasteiger partial charge in [0, 0.05) is 29.2 Å². The Morgan fingerprint density at radius 2 is 2.03 bits per heavy atom. The molecule has 12 nitrogen and oxygen atoms in total. The van der Waals surface area contributed by atoms with E-state index in [0.29, 0.717) is 47.1 Å². The summed E-state index contributed by atoms with van der Waals surface area (Å²) in [5, 5.41) is 11.2. The lowest BCUT2D eigenvalue weighted by Gasteiger charge is -2.14. The number of hydrogen-bond donors (Lipinski definition) is 2. The van der Waals surface area contributed by atoms with E-state index in [2.05, 4.69) is 20.4 Å². The molecule has 0 saturated heterocycles.